The summed E-state index contributed by atoms with van der Waals surface area (Å²) in [6, 6.07) is 5.72. The zero-order valence-electron chi connectivity index (χ0n) is 11.6. The molecule has 1 aromatic carbocycles. The van der Waals surface area contributed by atoms with Crippen molar-refractivity contribution in [3.05, 3.63) is 29.8 Å². The van der Waals surface area contributed by atoms with Gasteiger partial charge in [-0.1, -0.05) is 32.9 Å². The highest BCUT2D eigenvalue weighted by molar-refractivity contribution is 5.99. The molecular formula is C14H19NO4. The first-order valence-electron chi connectivity index (χ1n) is 5.94. The second kappa shape index (κ2) is 5.73. The number of benzene rings is 1. The van der Waals surface area contributed by atoms with Crippen LogP contribution in [0.5, 0.6) is 5.75 Å². The van der Waals surface area contributed by atoms with Crippen LogP contribution in [-0.2, 0) is 4.79 Å². The molecule has 0 unspecified atom stereocenters. The van der Waals surface area contributed by atoms with Gasteiger partial charge < -0.3 is 15.2 Å². The third-order valence-electron chi connectivity index (χ3n) is 2.74. The number of carbonyl (C=O) groups excluding carboxylic acids is 1. The molecule has 1 rings (SSSR count). The van der Waals surface area contributed by atoms with Crippen LogP contribution in [0.25, 0.3) is 0 Å². The lowest BCUT2D eigenvalue weighted by Gasteiger charge is -2.27. The average Bonchev–Trinajstić information content (AvgIpc) is 2.33. The Kier molecular flexibility index (Phi) is 4.53. The molecule has 0 saturated heterocycles. The SMILES string of the molecule is COc1ccccc1C(=O)N[C@@H](C(=O)O)C(C)(C)C. The lowest BCUT2D eigenvalue weighted by molar-refractivity contribution is -0.142. The number of amides is 1. The fraction of sp³-hybridized carbons (Fsp3) is 0.429. The highest BCUT2D eigenvalue weighted by Crippen LogP contribution is 2.22. The quantitative estimate of drug-likeness (QED) is 0.872. The molecule has 0 radical (unpaired) electrons. The van der Waals surface area contributed by atoms with E-state index in [1.807, 2.05) is 0 Å². The van der Waals surface area contributed by atoms with Crippen LogP contribution >= 0.6 is 0 Å². The van der Waals surface area contributed by atoms with Crippen LogP contribution < -0.4 is 10.1 Å². The largest absolute Gasteiger partial charge is 0.496 e. The van der Waals surface area contributed by atoms with Crippen LogP contribution in [-0.4, -0.2) is 30.1 Å². The Hall–Kier alpha value is -2.04. The van der Waals surface area contributed by atoms with Crippen molar-refractivity contribution in [3.8, 4) is 5.75 Å². The van der Waals surface area contributed by atoms with Gasteiger partial charge in [0.05, 0.1) is 12.7 Å². The number of carbonyl (C=O) groups is 2. The Morgan fingerprint density at radius 3 is 2.32 bits per heavy atom. The van der Waals surface area contributed by atoms with Gasteiger partial charge in [0.15, 0.2) is 0 Å². The Labute approximate surface area is 112 Å². The summed E-state index contributed by atoms with van der Waals surface area (Å²) in [7, 11) is 1.46. The Morgan fingerprint density at radius 1 is 1.26 bits per heavy atom. The molecule has 0 bridgehead atoms. The summed E-state index contributed by atoms with van der Waals surface area (Å²) in [5, 5.41) is 11.7. The van der Waals surface area contributed by atoms with Gasteiger partial charge in [-0.05, 0) is 17.5 Å². The molecule has 0 saturated carbocycles. The van der Waals surface area contributed by atoms with Crippen molar-refractivity contribution >= 4 is 11.9 Å². The Bertz CT molecular complexity index is 477. The number of carboxylic acids is 1. The number of para-hydroxylation sites is 1. The summed E-state index contributed by atoms with van der Waals surface area (Å²) in [5.74, 6) is -1.10. The molecule has 1 amide bonds. The fourth-order valence-electron chi connectivity index (χ4n) is 1.69. The van der Waals surface area contributed by atoms with Gasteiger partial charge in [-0.2, -0.15) is 0 Å². The summed E-state index contributed by atoms with van der Waals surface area (Å²) < 4.78 is 5.09. The summed E-state index contributed by atoms with van der Waals surface area (Å²) in [6.07, 6.45) is 0. The smallest absolute Gasteiger partial charge is 0.326 e. The zero-order chi connectivity index (χ0) is 14.6. The first kappa shape index (κ1) is 15.0. The van der Waals surface area contributed by atoms with Crippen LogP contribution in [0.2, 0.25) is 0 Å². The van der Waals surface area contributed by atoms with Crippen molar-refractivity contribution in [2.75, 3.05) is 7.11 Å². The molecule has 2 N–H and O–H groups in total. The van der Waals surface area contributed by atoms with Crippen LogP contribution in [0, 0.1) is 5.41 Å². The fourth-order valence-corrected chi connectivity index (χ4v) is 1.69. The predicted molar refractivity (Wildman–Crippen MR) is 71.3 cm³/mol. The van der Waals surface area contributed by atoms with Crippen LogP contribution in [0.3, 0.4) is 0 Å². The standard InChI is InChI=1S/C14H19NO4/c1-14(2,3)11(13(17)18)15-12(16)9-7-5-6-8-10(9)19-4/h5-8,11H,1-4H3,(H,15,16)(H,17,18)/t11-/m0/s1. The topological polar surface area (TPSA) is 75.6 Å². The number of carboxylic acid groups (broad SMARTS) is 1. The summed E-state index contributed by atoms with van der Waals surface area (Å²) in [4.78, 5) is 23.4. The van der Waals surface area contributed by atoms with E-state index in [-0.39, 0.29) is 0 Å². The molecule has 0 heterocycles. The van der Waals surface area contributed by atoms with E-state index in [9.17, 15) is 14.7 Å². The van der Waals surface area contributed by atoms with E-state index < -0.39 is 23.3 Å². The third-order valence-corrected chi connectivity index (χ3v) is 2.74. The number of ether oxygens (including phenoxy) is 1. The molecule has 1 atom stereocenters. The highest BCUT2D eigenvalue weighted by Gasteiger charge is 2.33. The first-order valence-corrected chi connectivity index (χ1v) is 5.94. The number of rotatable bonds is 4. The number of nitrogens with one attached hydrogen (secondary N) is 1. The first-order chi connectivity index (χ1) is 8.77. The molecule has 1 aromatic rings. The van der Waals surface area contributed by atoms with E-state index in [1.165, 1.54) is 7.11 Å². The molecule has 0 aliphatic heterocycles. The van der Waals surface area contributed by atoms with E-state index in [2.05, 4.69) is 5.32 Å². The molecule has 19 heavy (non-hydrogen) atoms. The van der Waals surface area contributed by atoms with Gasteiger partial charge >= 0.3 is 5.97 Å². The van der Waals surface area contributed by atoms with Crippen molar-refractivity contribution in [2.45, 2.75) is 26.8 Å². The number of aliphatic carboxylic acids is 1. The van der Waals surface area contributed by atoms with Crippen molar-refractivity contribution in [1.82, 2.24) is 5.32 Å². The van der Waals surface area contributed by atoms with E-state index in [1.54, 1.807) is 45.0 Å². The maximum atomic E-state index is 12.1. The minimum absolute atomic E-state index is 0.320. The maximum Gasteiger partial charge on any atom is 0.326 e. The van der Waals surface area contributed by atoms with Crippen LogP contribution in [0.15, 0.2) is 24.3 Å². The maximum absolute atomic E-state index is 12.1. The van der Waals surface area contributed by atoms with Gasteiger partial charge in [0.25, 0.3) is 5.91 Å². The van der Waals surface area contributed by atoms with Crippen molar-refractivity contribution in [1.29, 1.82) is 0 Å². The second-order valence-electron chi connectivity index (χ2n) is 5.31. The summed E-state index contributed by atoms with van der Waals surface area (Å²) in [5.41, 5.74) is -0.260. The normalized spacial score (nSPS) is 12.6. The zero-order valence-corrected chi connectivity index (χ0v) is 11.6. The van der Waals surface area contributed by atoms with Gasteiger partial charge in [-0.15, -0.1) is 0 Å². The van der Waals surface area contributed by atoms with Crippen molar-refractivity contribution in [3.63, 3.8) is 0 Å². The highest BCUT2D eigenvalue weighted by atomic mass is 16.5. The van der Waals surface area contributed by atoms with E-state index in [0.717, 1.165) is 0 Å². The summed E-state index contributed by atoms with van der Waals surface area (Å²) in [6.45, 7) is 5.27. The molecule has 0 aromatic heterocycles. The Balaban J connectivity index is 2.98. The molecule has 0 aliphatic rings. The van der Waals surface area contributed by atoms with Gasteiger partial charge in [0.1, 0.15) is 11.8 Å². The molecular weight excluding hydrogens is 246 g/mol. The second-order valence-corrected chi connectivity index (χ2v) is 5.31. The van der Waals surface area contributed by atoms with E-state index in [0.29, 0.717) is 11.3 Å². The van der Waals surface area contributed by atoms with Crippen LogP contribution in [0.1, 0.15) is 31.1 Å². The van der Waals surface area contributed by atoms with Gasteiger partial charge in [-0.3, -0.25) is 4.79 Å². The minimum atomic E-state index is -1.06. The van der Waals surface area contributed by atoms with Crippen molar-refractivity contribution < 1.29 is 19.4 Å². The molecule has 0 spiro atoms. The molecule has 104 valence electrons. The lowest BCUT2D eigenvalue weighted by atomic mass is 9.86. The number of hydrogen-bond acceptors (Lipinski definition) is 3. The van der Waals surface area contributed by atoms with Crippen molar-refractivity contribution in [2.24, 2.45) is 5.41 Å². The molecule has 5 heteroatoms. The molecule has 0 fully saturated rings. The average molecular weight is 265 g/mol. The molecule has 5 nitrogen and oxygen atoms in total. The third kappa shape index (κ3) is 3.71. The Morgan fingerprint density at radius 2 is 1.84 bits per heavy atom. The van der Waals surface area contributed by atoms with Crippen LogP contribution in [0.4, 0.5) is 0 Å². The van der Waals surface area contributed by atoms with Gasteiger partial charge in [0, 0.05) is 0 Å². The molecule has 0 aliphatic carbocycles. The minimum Gasteiger partial charge on any atom is -0.496 e. The number of hydrogen-bond donors (Lipinski definition) is 2. The summed E-state index contributed by atoms with van der Waals surface area (Å²) >= 11 is 0. The lowest BCUT2D eigenvalue weighted by Crippen LogP contribution is -2.49. The van der Waals surface area contributed by atoms with Gasteiger partial charge in [-0.25, -0.2) is 4.79 Å². The monoisotopic (exact) mass is 265 g/mol. The van der Waals surface area contributed by atoms with E-state index >= 15 is 0 Å². The van der Waals surface area contributed by atoms with E-state index in [4.69, 9.17) is 4.74 Å². The predicted octanol–water partition coefficient (Wildman–Crippen LogP) is 1.92. The number of methoxy groups -OCH3 is 1. The van der Waals surface area contributed by atoms with Gasteiger partial charge in [0.2, 0.25) is 0 Å².